The molecule has 1 heterocycles. The molecule has 3 rings (SSSR count). The molecule has 3 aromatic rings. The molecule has 29 heavy (non-hydrogen) atoms. The van der Waals surface area contributed by atoms with Crippen LogP contribution in [-0.2, 0) is 18.4 Å². The van der Waals surface area contributed by atoms with Gasteiger partial charge in [0.05, 0.1) is 6.54 Å². The van der Waals surface area contributed by atoms with Crippen LogP contribution in [0.5, 0.6) is 0 Å². The van der Waals surface area contributed by atoms with E-state index in [1.807, 2.05) is 0 Å². The van der Waals surface area contributed by atoms with Crippen LogP contribution in [0.25, 0.3) is 0 Å². The Labute approximate surface area is 177 Å². The molecule has 0 fully saturated rings. The average Bonchev–Trinajstić information content (AvgIpc) is 3.24. The van der Waals surface area contributed by atoms with E-state index in [1.54, 1.807) is 0 Å². The van der Waals surface area contributed by atoms with E-state index >= 15 is 0 Å². The highest BCUT2D eigenvalue weighted by atomic mass is 15.1. The SMILES string of the molecule is CCCCCCC(n1cc[n+](CC)c1)C(C)(Cc1ccccc1)c1ccccc1. The molecular formula is C27H37N2+. The highest BCUT2D eigenvalue weighted by Gasteiger charge is 2.40. The van der Waals surface area contributed by atoms with Crippen LogP contribution >= 0.6 is 0 Å². The van der Waals surface area contributed by atoms with Crippen LogP contribution in [0.3, 0.4) is 0 Å². The molecule has 0 radical (unpaired) electrons. The second kappa shape index (κ2) is 10.4. The summed E-state index contributed by atoms with van der Waals surface area (Å²) in [5.74, 6) is 0. The summed E-state index contributed by atoms with van der Waals surface area (Å²) in [4.78, 5) is 0. The van der Waals surface area contributed by atoms with Gasteiger partial charge in [0.25, 0.3) is 0 Å². The first-order valence-corrected chi connectivity index (χ1v) is 11.3. The van der Waals surface area contributed by atoms with Crippen molar-refractivity contribution in [3.63, 3.8) is 0 Å². The normalized spacial score (nSPS) is 14.4. The van der Waals surface area contributed by atoms with Crippen molar-refractivity contribution in [2.24, 2.45) is 0 Å². The largest absolute Gasteiger partial charge is 0.243 e. The molecule has 0 aliphatic heterocycles. The second-order valence-electron chi connectivity index (χ2n) is 8.50. The molecule has 0 saturated heterocycles. The monoisotopic (exact) mass is 389 g/mol. The molecule has 2 atom stereocenters. The fourth-order valence-electron chi connectivity index (χ4n) is 4.59. The Morgan fingerprint density at radius 3 is 2.21 bits per heavy atom. The Morgan fingerprint density at radius 1 is 0.897 bits per heavy atom. The number of nitrogens with zero attached hydrogens (tertiary/aromatic N) is 2. The van der Waals surface area contributed by atoms with E-state index in [9.17, 15) is 0 Å². The van der Waals surface area contributed by atoms with Crippen LogP contribution in [0, 0.1) is 0 Å². The number of unbranched alkanes of at least 4 members (excludes halogenated alkanes) is 3. The summed E-state index contributed by atoms with van der Waals surface area (Å²) in [5, 5.41) is 0. The van der Waals surface area contributed by atoms with Crippen molar-refractivity contribution in [1.82, 2.24) is 4.57 Å². The first kappa shape index (κ1) is 21.4. The van der Waals surface area contributed by atoms with Gasteiger partial charge in [0, 0.05) is 5.41 Å². The van der Waals surface area contributed by atoms with E-state index in [0.717, 1.165) is 13.0 Å². The highest BCUT2D eigenvalue weighted by molar-refractivity contribution is 5.30. The van der Waals surface area contributed by atoms with Crippen LogP contribution in [0.2, 0.25) is 0 Å². The van der Waals surface area contributed by atoms with Gasteiger partial charge in [-0.05, 0) is 37.3 Å². The minimum Gasteiger partial charge on any atom is -0.237 e. The maximum Gasteiger partial charge on any atom is 0.243 e. The van der Waals surface area contributed by atoms with Gasteiger partial charge in [-0.1, -0.05) is 93.8 Å². The van der Waals surface area contributed by atoms with Crippen LogP contribution in [-0.4, -0.2) is 4.57 Å². The molecule has 0 N–H and O–H groups in total. The van der Waals surface area contributed by atoms with Crippen molar-refractivity contribution < 1.29 is 4.57 Å². The first-order chi connectivity index (χ1) is 14.2. The smallest absolute Gasteiger partial charge is 0.237 e. The van der Waals surface area contributed by atoms with Crippen LogP contribution in [0.1, 0.15) is 70.0 Å². The number of rotatable bonds is 11. The minimum atomic E-state index is 0.0272. The van der Waals surface area contributed by atoms with Crippen molar-refractivity contribution in [3.8, 4) is 0 Å². The van der Waals surface area contributed by atoms with Gasteiger partial charge < -0.3 is 0 Å². The van der Waals surface area contributed by atoms with Gasteiger partial charge in [-0.15, -0.1) is 0 Å². The molecule has 0 amide bonds. The van der Waals surface area contributed by atoms with Gasteiger partial charge in [0.2, 0.25) is 6.33 Å². The van der Waals surface area contributed by atoms with E-state index in [-0.39, 0.29) is 5.41 Å². The molecule has 0 aliphatic carbocycles. The Kier molecular flexibility index (Phi) is 7.69. The Morgan fingerprint density at radius 2 is 1.59 bits per heavy atom. The number of benzene rings is 2. The topological polar surface area (TPSA) is 8.81 Å². The van der Waals surface area contributed by atoms with Gasteiger partial charge in [0.1, 0.15) is 18.4 Å². The fourth-order valence-corrected chi connectivity index (χ4v) is 4.59. The maximum absolute atomic E-state index is 2.48. The number of imidazole rings is 1. The summed E-state index contributed by atoms with van der Waals surface area (Å²) in [6.07, 6.45) is 14.2. The van der Waals surface area contributed by atoms with Crippen molar-refractivity contribution in [2.75, 3.05) is 0 Å². The Hall–Kier alpha value is -2.35. The molecule has 0 bridgehead atoms. The zero-order valence-electron chi connectivity index (χ0n) is 18.4. The van der Waals surface area contributed by atoms with Gasteiger partial charge in [0.15, 0.2) is 0 Å². The van der Waals surface area contributed by atoms with E-state index in [0.29, 0.717) is 6.04 Å². The van der Waals surface area contributed by atoms with E-state index in [1.165, 1.54) is 43.2 Å². The summed E-state index contributed by atoms with van der Waals surface area (Å²) in [7, 11) is 0. The lowest BCUT2D eigenvalue weighted by molar-refractivity contribution is -0.693. The van der Waals surface area contributed by atoms with E-state index in [4.69, 9.17) is 0 Å². The lowest BCUT2D eigenvalue weighted by atomic mass is 9.70. The highest BCUT2D eigenvalue weighted by Crippen LogP contribution is 2.41. The van der Waals surface area contributed by atoms with Crippen molar-refractivity contribution in [1.29, 1.82) is 0 Å². The lowest BCUT2D eigenvalue weighted by Crippen LogP contribution is -2.37. The second-order valence-corrected chi connectivity index (χ2v) is 8.50. The summed E-state index contributed by atoms with van der Waals surface area (Å²) >= 11 is 0. The Bertz CT molecular complexity index is 837. The molecule has 154 valence electrons. The summed E-state index contributed by atoms with van der Waals surface area (Å²) in [6, 6.07) is 22.6. The molecule has 2 unspecified atom stereocenters. The molecule has 0 aliphatic rings. The molecular weight excluding hydrogens is 352 g/mol. The predicted octanol–water partition coefficient (Wildman–Crippen LogP) is 6.51. The molecule has 1 aromatic heterocycles. The summed E-state index contributed by atoms with van der Waals surface area (Å²) in [6.45, 7) is 7.98. The fraction of sp³-hybridized carbons (Fsp3) is 0.444. The van der Waals surface area contributed by atoms with E-state index < -0.39 is 0 Å². The quantitative estimate of drug-likeness (QED) is 0.261. The summed E-state index contributed by atoms with van der Waals surface area (Å²) < 4.78 is 4.76. The van der Waals surface area contributed by atoms with Crippen molar-refractivity contribution in [2.45, 2.75) is 77.3 Å². The first-order valence-electron chi connectivity index (χ1n) is 11.3. The van der Waals surface area contributed by atoms with Crippen molar-refractivity contribution in [3.05, 3.63) is 90.5 Å². The van der Waals surface area contributed by atoms with Gasteiger partial charge in [-0.25, -0.2) is 9.13 Å². The standard InChI is InChI=1S/C27H37N2/c1-4-6-7-14-19-26(29-21-20-28(5-2)23-29)27(3,25-17-12-9-13-18-25)22-24-15-10-8-11-16-24/h8-13,15-18,20-21,23,26H,4-7,14,19,22H2,1-3H3/q+1. The average molecular weight is 390 g/mol. The number of aryl methyl sites for hydroxylation is 1. The molecule has 0 spiro atoms. The van der Waals surface area contributed by atoms with Crippen molar-refractivity contribution >= 4 is 0 Å². The van der Waals surface area contributed by atoms with Gasteiger partial charge in [-0.3, -0.25) is 0 Å². The number of hydrogen-bond acceptors (Lipinski definition) is 0. The minimum absolute atomic E-state index is 0.0272. The van der Waals surface area contributed by atoms with Crippen LogP contribution < -0.4 is 4.57 Å². The lowest BCUT2D eigenvalue weighted by Gasteiger charge is -2.37. The third-order valence-corrected chi connectivity index (χ3v) is 6.35. The zero-order chi connectivity index (χ0) is 20.5. The third-order valence-electron chi connectivity index (χ3n) is 6.35. The molecule has 2 heteroatoms. The molecule has 0 saturated carbocycles. The number of hydrogen-bond donors (Lipinski definition) is 0. The van der Waals surface area contributed by atoms with Gasteiger partial charge in [-0.2, -0.15) is 0 Å². The zero-order valence-corrected chi connectivity index (χ0v) is 18.4. The summed E-state index contributed by atoms with van der Waals surface area (Å²) in [5.41, 5.74) is 2.87. The maximum atomic E-state index is 2.48. The molecule has 2 nitrogen and oxygen atoms in total. The van der Waals surface area contributed by atoms with Crippen LogP contribution in [0.4, 0.5) is 0 Å². The Balaban J connectivity index is 2.00. The van der Waals surface area contributed by atoms with Gasteiger partial charge >= 0.3 is 0 Å². The van der Waals surface area contributed by atoms with Crippen LogP contribution in [0.15, 0.2) is 79.4 Å². The molecule has 2 aromatic carbocycles. The third kappa shape index (κ3) is 5.38. The predicted molar refractivity (Wildman–Crippen MR) is 122 cm³/mol. The van der Waals surface area contributed by atoms with E-state index in [2.05, 4.69) is 109 Å². The number of aromatic nitrogens is 2.